The summed E-state index contributed by atoms with van der Waals surface area (Å²) in [5.74, 6) is 2.36. The molecule has 1 aromatic heterocycles. The lowest BCUT2D eigenvalue weighted by atomic mass is 10.0. The first-order valence-electron chi connectivity index (χ1n) is 7.64. The van der Waals surface area contributed by atoms with Gasteiger partial charge in [0.2, 0.25) is 5.95 Å². The van der Waals surface area contributed by atoms with Crippen molar-refractivity contribution in [1.29, 1.82) is 0 Å². The van der Waals surface area contributed by atoms with E-state index in [-0.39, 0.29) is 0 Å². The van der Waals surface area contributed by atoms with Gasteiger partial charge in [-0.2, -0.15) is 0 Å². The van der Waals surface area contributed by atoms with Crippen LogP contribution in [0, 0.1) is 18.8 Å². The van der Waals surface area contributed by atoms with E-state index < -0.39 is 0 Å². The molecule has 3 heterocycles. The zero-order valence-electron chi connectivity index (χ0n) is 12.3. The summed E-state index contributed by atoms with van der Waals surface area (Å²) in [5, 5.41) is 0. The van der Waals surface area contributed by atoms with E-state index in [1.54, 1.807) is 0 Å². The third kappa shape index (κ3) is 2.35. The van der Waals surface area contributed by atoms with Crippen LogP contribution in [0.15, 0.2) is 42.6 Å². The van der Waals surface area contributed by atoms with E-state index in [4.69, 9.17) is 0 Å². The number of anilines is 2. The standard InChI is InChI=1S/C17H20N4/c1-13-7-8-18-17(19-13)21-11-14-9-20(10-15(14)12-21)16-5-3-2-4-6-16/h2-8,14-15H,9-12H2,1H3. The second-order valence-electron chi connectivity index (χ2n) is 6.16. The first-order chi connectivity index (χ1) is 10.3. The number of para-hydroxylation sites is 1. The third-order valence-corrected chi connectivity index (χ3v) is 4.67. The van der Waals surface area contributed by atoms with Crippen LogP contribution in [0.4, 0.5) is 11.6 Å². The van der Waals surface area contributed by atoms with Crippen LogP contribution in [0.1, 0.15) is 5.69 Å². The van der Waals surface area contributed by atoms with Gasteiger partial charge in [-0.05, 0) is 25.1 Å². The average molecular weight is 280 g/mol. The van der Waals surface area contributed by atoms with Crippen molar-refractivity contribution in [3.8, 4) is 0 Å². The fourth-order valence-electron chi connectivity index (χ4n) is 3.59. The van der Waals surface area contributed by atoms with E-state index in [1.165, 1.54) is 5.69 Å². The molecule has 2 aliphatic heterocycles. The highest BCUT2D eigenvalue weighted by Gasteiger charge is 2.40. The lowest BCUT2D eigenvalue weighted by Crippen LogP contribution is -2.29. The summed E-state index contributed by atoms with van der Waals surface area (Å²) in [7, 11) is 0. The van der Waals surface area contributed by atoms with Crippen LogP contribution in [0.3, 0.4) is 0 Å². The molecule has 2 fully saturated rings. The molecule has 4 nitrogen and oxygen atoms in total. The first-order valence-corrected chi connectivity index (χ1v) is 7.64. The highest BCUT2D eigenvalue weighted by atomic mass is 15.3. The Bertz CT molecular complexity index is 614. The Morgan fingerprint density at radius 3 is 2.24 bits per heavy atom. The van der Waals surface area contributed by atoms with Gasteiger partial charge < -0.3 is 9.80 Å². The molecular formula is C17H20N4. The first kappa shape index (κ1) is 12.6. The second kappa shape index (κ2) is 5.02. The van der Waals surface area contributed by atoms with Crippen molar-refractivity contribution in [2.75, 3.05) is 36.0 Å². The topological polar surface area (TPSA) is 32.3 Å². The summed E-state index contributed by atoms with van der Waals surface area (Å²) in [6.07, 6.45) is 1.86. The lowest BCUT2D eigenvalue weighted by molar-refractivity contribution is 0.533. The molecule has 4 heteroatoms. The van der Waals surface area contributed by atoms with E-state index in [2.05, 4.69) is 50.1 Å². The van der Waals surface area contributed by atoms with Crippen molar-refractivity contribution in [3.63, 3.8) is 0 Å². The van der Waals surface area contributed by atoms with Gasteiger partial charge in [0.25, 0.3) is 0 Å². The summed E-state index contributed by atoms with van der Waals surface area (Å²) >= 11 is 0. The smallest absolute Gasteiger partial charge is 0.225 e. The Balaban J connectivity index is 1.46. The Hall–Kier alpha value is -2.10. The normalized spacial score (nSPS) is 24.4. The van der Waals surface area contributed by atoms with Crippen molar-refractivity contribution in [3.05, 3.63) is 48.3 Å². The molecule has 2 atom stereocenters. The van der Waals surface area contributed by atoms with Crippen molar-refractivity contribution in [2.24, 2.45) is 11.8 Å². The molecular weight excluding hydrogens is 260 g/mol. The number of hydrogen-bond acceptors (Lipinski definition) is 4. The molecule has 0 aliphatic carbocycles. The largest absolute Gasteiger partial charge is 0.371 e. The van der Waals surface area contributed by atoms with E-state index in [1.807, 2.05) is 19.2 Å². The molecule has 1 aromatic carbocycles. The predicted molar refractivity (Wildman–Crippen MR) is 84.6 cm³/mol. The fraction of sp³-hybridized carbons (Fsp3) is 0.412. The van der Waals surface area contributed by atoms with Gasteiger partial charge in [-0.15, -0.1) is 0 Å². The Labute approximate surface area is 125 Å². The van der Waals surface area contributed by atoms with Crippen LogP contribution in [0.2, 0.25) is 0 Å². The molecule has 2 aliphatic rings. The fourth-order valence-corrected chi connectivity index (χ4v) is 3.59. The van der Waals surface area contributed by atoms with Gasteiger partial charge in [0.1, 0.15) is 0 Å². The maximum Gasteiger partial charge on any atom is 0.225 e. The summed E-state index contributed by atoms with van der Waals surface area (Å²) in [6, 6.07) is 12.7. The number of fused-ring (bicyclic) bond motifs is 1. The minimum absolute atomic E-state index is 0.731. The highest BCUT2D eigenvalue weighted by molar-refractivity contribution is 5.48. The van der Waals surface area contributed by atoms with Crippen LogP contribution in [0.5, 0.6) is 0 Å². The average Bonchev–Trinajstić information content (AvgIpc) is 3.07. The molecule has 4 rings (SSSR count). The molecule has 2 unspecified atom stereocenters. The monoisotopic (exact) mass is 280 g/mol. The SMILES string of the molecule is Cc1ccnc(N2CC3CN(c4ccccc4)CC3C2)n1. The number of hydrogen-bond donors (Lipinski definition) is 0. The zero-order valence-corrected chi connectivity index (χ0v) is 12.3. The lowest BCUT2D eigenvalue weighted by Gasteiger charge is -2.23. The van der Waals surface area contributed by atoms with Gasteiger partial charge in [-0.3, -0.25) is 0 Å². The van der Waals surface area contributed by atoms with Crippen molar-refractivity contribution in [1.82, 2.24) is 9.97 Å². The van der Waals surface area contributed by atoms with E-state index in [0.29, 0.717) is 0 Å². The minimum Gasteiger partial charge on any atom is -0.371 e. The number of nitrogens with zero attached hydrogens (tertiary/aromatic N) is 4. The Morgan fingerprint density at radius 1 is 0.905 bits per heavy atom. The summed E-state index contributed by atoms with van der Waals surface area (Å²) in [4.78, 5) is 13.9. The summed E-state index contributed by atoms with van der Waals surface area (Å²) < 4.78 is 0. The molecule has 0 saturated carbocycles. The van der Waals surface area contributed by atoms with Crippen molar-refractivity contribution < 1.29 is 0 Å². The summed E-state index contributed by atoms with van der Waals surface area (Å²) in [6.45, 7) is 6.49. The highest BCUT2D eigenvalue weighted by Crippen LogP contribution is 2.34. The minimum atomic E-state index is 0.731. The van der Waals surface area contributed by atoms with E-state index in [0.717, 1.165) is 49.7 Å². The van der Waals surface area contributed by atoms with Crippen LogP contribution in [-0.2, 0) is 0 Å². The molecule has 21 heavy (non-hydrogen) atoms. The molecule has 0 spiro atoms. The zero-order chi connectivity index (χ0) is 14.2. The molecule has 2 saturated heterocycles. The van der Waals surface area contributed by atoms with Gasteiger partial charge in [-0.1, -0.05) is 18.2 Å². The maximum atomic E-state index is 4.56. The number of aryl methyl sites for hydroxylation is 1. The van der Waals surface area contributed by atoms with Crippen LogP contribution >= 0.6 is 0 Å². The van der Waals surface area contributed by atoms with Crippen LogP contribution in [0.25, 0.3) is 0 Å². The van der Waals surface area contributed by atoms with Crippen LogP contribution in [-0.4, -0.2) is 36.1 Å². The Kier molecular flexibility index (Phi) is 3.02. The van der Waals surface area contributed by atoms with Crippen molar-refractivity contribution in [2.45, 2.75) is 6.92 Å². The quantitative estimate of drug-likeness (QED) is 0.845. The molecule has 2 aromatic rings. The van der Waals surface area contributed by atoms with Crippen LogP contribution < -0.4 is 9.80 Å². The van der Waals surface area contributed by atoms with E-state index >= 15 is 0 Å². The van der Waals surface area contributed by atoms with Gasteiger partial charge >= 0.3 is 0 Å². The van der Waals surface area contributed by atoms with Crippen molar-refractivity contribution >= 4 is 11.6 Å². The number of aromatic nitrogens is 2. The molecule has 0 bridgehead atoms. The number of rotatable bonds is 2. The molecule has 108 valence electrons. The second-order valence-corrected chi connectivity index (χ2v) is 6.16. The molecule has 0 amide bonds. The third-order valence-electron chi connectivity index (χ3n) is 4.67. The maximum absolute atomic E-state index is 4.56. The van der Waals surface area contributed by atoms with Gasteiger partial charge in [0.05, 0.1) is 0 Å². The number of benzene rings is 1. The van der Waals surface area contributed by atoms with E-state index in [9.17, 15) is 0 Å². The molecule has 0 N–H and O–H groups in total. The van der Waals surface area contributed by atoms with Gasteiger partial charge in [0.15, 0.2) is 0 Å². The van der Waals surface area contributed by atoms with Gasteiger partial charge in [0, 0.05) is 55.6 Å². The predicted octanol–water partition coefficient (Wildman–Crippen LogP) is 2.36. The van der Waals surface area contributed by atoms with Gasteiger partial charge in [-0.25, -0.2) is 9.97 Å². The molecule has 0 radical (unpaired) electrons. The summed E-state index contributed by atoms with van der Waals surface area (Å²) in [5.41, 5.74) is 2.40. The Morgan fingerprint density at radius 2 is 1.57 bits per heavy atom.